The van der Waals surface area contributed by atoms with E-state index in [0.29, 0.717) is 13.2 Å². The SMILES string of the molecule is CCOP(=S)(N=P(CP(=[Se])(c1ccccc1)c1ccccc1)(c1ccccc1)c1ccccc1)OCC. The average molecular weight is 631 g/mol. The molecule has 0 saturated heterocycles. The first kappa shape index (κ1) is 28.6. The van der Waals surface area contributed by atoms with E-state index >= 15 is 0 Å². The van der Waals surface area contributed by atoms with E-state index in [2.05, 4.69) is 136 Å². The molecule has 0 saturated carbocycles. The molecular weight excluding hydrogens is 598 g/mol. The van der Waals surface area contributed by atoms with Gasteiger partial charge in [0.25, 0.3) is 0 Å². The molecule has 0 unspecified atom stereocenters. The van der Waals surface area contributed by atoms with Crippen molar-refractivity contribution < 1.29 is 9.05 Å². The number of hydrogen-bond donors (Lipinski definition) is 0. The molecule has 0 aliphatic rings. The van der Waals surface area contributed by atoms with Crippen molar-refractivity contribution in [3.63, 3.8) is 0 Å². The standard InChI is InChI=1S/C29H32NO2P3SSe/c1-3-31-35(36,32-4-2)30-33(26-17-9-5-10-18-26,27-19-11-6-12-20-27)25-34(37,28-21-13-7-14-22-28)29-23-15-8-16-24-29/h5-24H,3-4,25H2,1-2H3. The minimum atomic E-state index is -2.93. The number of nitrogens with zero attached hydrogens (tertiary/aromatic N) is 1. The zero-order valence-electron chi connectivity index (χ0n) is 21.1. The molecule has 0 atom stereocenters. The van der Waals surface area contributed by atoms with Crippen LogP contribution in [0.15, 0.2) is 126 Å². The zero-order valence-corrected chi connectivity index (χ0v) is 26.3. The van der Waals surface area contributed by atoms with E-state index in [-0.39, 0.29) is 0 Å². The van der Waals surface area contributed by atoms with E-state index in [1.165, 1.54) is 21.2 Å². The second kappa shape index (κ2) is 13.1. The van der Waals surface area contributed by atoms with E-state index in [1.807, 2.05) is 13.8 Å². The summed E-state index contributed by atoms with van der Waals surface area (Å²) in [6, 6.07) is 42.9. The molecule has 4 rings (SSSR count). The molecule has 0 radical (unpaired) electrons. The number of hydrogen-bond acceptors (Lipinski definition) is 3. The van der Waals surface area contributed by atoms with Crippen molar-refractivity contribution in [2.45, 2.75) is 13.8 Å². The van der Waals surface area contributed by atoms with Gasteiger partial charge in [-0.15, -0.1) is 0 Å². The minimum absolute atomic E-state index is 0.459. The summed E-state index contributed by atoms with van der Waals surface area (Å²) in [6.45, 7) is 1.90. The Kier molecular flexibility index (Phi) is 10.2. The fourth-order valence-electron chi connectivity index (χ4n) is 4.33. The monoisotopic (exact) mass is 631 g/mol. The van der Waals surface area contributed by atoms with Crippen molar-refractivity contribution in [1.82, 2.24) is 0 Å². The van der Waals surface area contributed by atoms with E-state index in [4.69, 9.17) is 25.4 Å². The summed E-state index contributed by atoms with van der Waals surface area (Å²) in [5.74, 6) is 0.806. The van der Waals surface area contributed by atoms with E-state index in [1.54, 1.807) is 0 Å². The maximum absolute atomic E-state index is 6.16. The van der Waals surface area contributed by atoms with Crippen molar-refractivity contribution in [1.29, 1.82) is 0 Å². The fourth-order valence-corrected chi connectivity index (χ4v) is 23.1. The summed E-state index contributed by atoms with van der Waals surface area (Å²) in [6.07, 6.45) is 0. The van der Waals surface area contributed by atoms with Gasteiger partial charge in [0.2, 0.25) is 0 Å². The van der Waals surface area contributed by atoms with Gasteiger partial charge in [-0.1, -0.05) is 0 Å². The molecule has 0 aromatic heterocycles. The van der Waals surface area contributed by atoms with Gasteiger partial charge in [-0.3, -0.25) is 0 Å². The van der Waals surface area contributed by atoms with Crippen molar-refractivity contribution in [3.05, 3.63) is 121 Å². The molecule has 0 amide bonds. The molecule has 0 bridgehead atoms. The molecule has 37 heavy (non-hydrogen) atoms. The van der Waals surface area contributed by atoms with Crippen LogP contribution < -0.4 is 21.2 Å². The Morgan fingerprint density at radius 1 is 0.595 bits per heavy atom. The van der Waals surface area contributed by atoms with Crippen LogP contribution in [0.25, 0.3) is 0 Å². The summed E-state index contributed by atoms with van der Waals surface area (Å²) >= 11 is 9.84. The topological polar surface area (TPSA) is 30.8 Å². The fraction of sp³-hybridized carbons (Fsp3) is 0.172. The third-order valence-corrected chi connectivity index (χ3v) is 23.2. The molecule has 0 aliphatic carbocycles. The van der Waals surface area contributed by atoms with Gasteiger partial charge in [0.05, 0.1) is 0 Å². The first-order valence-corrected chi connectivity index (χ1v) is 21.0. The molecule has 0 heterocycles. The number of benzene rings is 4. The molecule has 0 N–H and O–H groups in total. The zero-order chi connectivity index (χ0) is 26.2. The molecule has 0 spiro atoms. The van der Waals surface area contributed by atoms with Crippen LogP contribution in [0.1, 0.15) is 13.8 Å². The molecule has 4 aromatic carbocycles. The van der Waals surface area contributed by atoms with Crippen LogP contribution in [0.2, 0.25) is 0 Å². The maximum atomic E-state index is 6.16. The van der Waals surface area contributed by atoms with E-state index in [9.17, 15) is 0 Å². The van der Waals surface area contributed by atoms with Crippen molar-refractivity contribution in [2.75, 3.05) is 19.1 Å². The van der Waals surface area contributed by atoms with Gasteiger partial charge in [-0.2, -0.15) is 0 Å². The van der Waals surface area contributed by atoms with E-state index in [0.717, 1.165) is 5.90 Å². The van der Waals surface area contributed by atoms with Gasteiger partial charge >= 0.3 is 235 Å². The summed E-state index contributed by atoms with van der Waals surface area (Å²) in [5.41, 5.74) is -2.06. The molecule has 0 aliphatic heterocycles. The van der Waals surface area contributed by atoms with Gasteiger partial charge in [0.15, 0.2) is 0 Å². The van der Waals surface area contributed by atoms with Crippen molar-refractivity contribution in [2.24, 2.45) is 4.52 Å². The Morgan fingerprint density at radius 3 is 1.24 bits per heavy atom. The summed E-state index contributed by atoms with van der Waals surface area (Å²) < 4.78 is 17.9. The molecule has 4 aromatic rings. The van der Waals surface area contributed by atoms with Crippen LogP contribution in [0, 0.1) is 0 Å². The predicted octanol–water partition coefficient (Wildman–Crippen LogP) is 6.85. The third kappa shape index (κ3) is 6.62. The first-order valence-electron chi connectivity index (χ1n) is 12.3. The summed E-state index contributed by atoms with van der Waals surface area (Å²) in [5, 5.41) is 4.96. The van der Waals surface area contributed by atoms with Gasteiger partial charge in [0, 0.05) is 0 Å². The Bertz CT molecular complexity index is 1340. The van der Waals surface area contributed by atoms with Crippen LogP contribution >= 0.6 is 19.2 Å². The predicted molar refractivity (Wildman–Crippen MR) is 169 cm³/mol. The van der Waals surface area contributed by atoms with Crippen LogP contribution in [0.5, 0.6) is 0 Å². The molecule has 192 valence electrons. The van der Waals surface area contributed by atoms with Gasteiger partial charge < -0.3 is 0 Å². The van der Waals surface area contributed by atoms with Gasteiger partial charge in [-0.25, -0.2) is 0 Å². The summed E-state index contributed by atoms with van der Waals surface area (Å²) in [7, 11) is -2.50. The van der Waals surface area contributed by atoms with Crippen molar-refractivity contribution >= 4 is 67.3 Å². The second-order valence-electron chi connectivity index (χ2n) is 8.39. The first-order chi connectivity index (χ1) is 18.0. The van der Waals surface area contributed by atoms with E-state index < -0.39 is 19.2 Å². The second-order valence-corrected chi connectivity index (χ2v) is 22.1. The Balaban J connectivity index is 2.11. The molecule has 0 fully saturated rings. The van der Waals surface area contributed by atoms with Crippen LogP contribution in [-0.2, 0) is 20.9 Å². The van der Waals surface area contributed by atoms with Crippen molar-refractivity contribution in [3.8, 4) is 0 Å². The summed E-state index contributed by atoms with van der Waals surface area (Å²) in [4.78, 5) is 0. The molecule has 3 nitrogen and oxygen atoms in total. The molecular formula is C29H32NO2P3SSe. The quantitative estimate of drug-likeness (QED) is 0.134. The molecule has 8 heteroatoms. The van der Waals surface area contributed by atoms with Crippen LogP contribution in [-0.4, -0.2) is 34.2 Å². The third-order valence-electron chi connectivity index (χ3n) is 5.96. The normalized spacial score (nSPS) is 12.3. The Morgan fingerprint density at radius 2 is 0.919 bits per heavy atom. The van der Waals surface area contributed by atoms with Gasteiger partial charge in [0.1, 0.15) is 0 Å². The Hall–Kier alpha value is -1.37. The van der Waals surface area contributed by atoms with Crippen LogP contribution in [0.4, 0.5) is 0 Å². The van der Waals surface area contributed by atoms with Gasteiger partial charge in [-0.05, 0) is 0 Å². The average Bonchev–Trinajstić information content (AvgIpc) is 2.95. The number of rotatable bonds is 11. The Labute approximate surface area is 234 Å². The van der Waals surface area contributed by atoms with Crippen LogP contribution in [0.3, 0.4) is 0 Å².